The monoisotopic (exact) mass is 506 g/mol. The van der Waals surface area contributed by atoms with E-state index < -0.39 is 72.4 Å². The molecule has 196 valence electrons. The second-order valence-electron chi connectivity index (χ2n) is 8.77. The third-order valence-electron chi connectivity index (χ3n) is 4.89. The summed E-state index contributed by atoms with van der Waals surface area (Å²) in [6.45, 7) is 7.56. The van der Waals surface area contributed by atoms with Crippen LogP contribution in [-0.2, 0) is 24.0 Å². The number of aliphatic hydroxyl groups is 2. The van der Waals surface area contributed by atoms with Gasteiger partial charge in [-0.3, -0.25) is 19.2 Å². The summed E-state index contributed by atoms with van der Waals surface area (Å²) in [4.78, 5) is 61.0. The van der Waals surface area contributed by atoms with E-state index in [4.69, 9.17) is 0 Å². The minimum Gasteiger partial charge on any atom is -0.480 e. The maximum atomic E-state index is 12.7. The Kier molecular flexibility index (Phi) is 14.4. The summed E-state index contributed by atoms with van der Waals surface area (Å²) >= 11 is 4.01. The molecule has 0 aromatic heterocycles. The van der Waals surface area contributed by atoms with Crippen LogP contribution in [0.3, 0.4) is 0 Å². The number of hydrogen-bond acceptors (Lipinski definition) is 8. The fraction of sp³-hybridized carbons (Fsp3) is 0.762. The first kappa shape index (κ1) is 31.6. The van der Waals surface area contributed by atoms with Crippen LogP contribution in [0.1, 0.15) is 47.5 Å². The van der Waals surface area contributed by atoms with Crippen LogP contribution >= 0.6 is 12.6 Å². The van der Waals surface area contributed by atoms with Gasteiger partial charge in [0.1, 0.15) is 24.2 Å². The zero-order chi connectivity index (χ0) is 26.6. The number of amides is 4. The van der Waals surface area contributed by atoms with E-state index >= 15 is 0 Å². The predicted molar refractivity (Wildman–Crippen MR) is 127 cm³/mol. The molecule has 34 heavy (non-hydrogen) atoms. The molecule has 12 nitrogen and oxygen atoms in total. The number of hydrogen-bond donors (Lipinski definition) is 8. The van der Waals surface area contributed by atoms with Gasteiger partial charge >= 0.3 is 5.97 Å². The normalized spacial score (nSPS) is 15.6. The summed E-state index contributed by atoms with van der Waals surface area (Å²) in [5, 5.41) is 38.0. The number of rotatable bonds is 15. The summed E-state index contributed by atoms with van der Waals surface area (Å²) in [5.41, 5.74) is 0. The lowest BCUT2D eigenvalue weighted by molar-refractivity contribution is -0.143. The van der Waals surface area contributed by atoms with Crippen molar-refractivity contribution in [3.63, 3.8) is 0 Å². The van der Waals surface area contributed by atoms with Crippen molar-refractivity contribution in [3.8, 4) is 0 Å². The quantitative estimate of drug-likeness (QED) is 0.122. The van der Waals surface area contributed by atoms with E-state index in [0.717, 1.165) is 0 Å². The second kappa shape index (κ2) is 15.5. The van der Waals surface area contributed by atoms with Crippen LogP contribution in [0.25, 0.3) is 0 Å². The van der Waals surface area contributed by atoms with Crippen molar-refractivity contribution in [1.82, 2.24) is 21.3 Å². The van der Waals surface area contributed by atoms with Crippen LogP contribution in [0, 0.1) is 11.8 Å². The summed E-state index contributed by atoms with van der Waals surface area (Å²) in [7, 11) is 0. The van der Waals surface area contributed by atoms with E-state index in [0.29, 0.717) is 6.42 Å². The van der Waals surface area contributed by atoms with Crippen molar-refractivity contribution in [3.05, 3.63) is 0 Å². The van der Waals surface area contributed by atoms with Gasteiger partial charge in [-0.25, -0.2) is 4.79 Å². The zero-order valence-electron chi connectivity index (χ0n) is 20.2. The Hall–Kier alpha value is -2.38. The number of aliphatic carboxylic acids is 1. The molecule has 7 N–H and O–H groups in total. The number of aliphatic hydroxyl groups excluding tert-OH is 2. The Labute approximate surface area is 205 Å². The highest BCUT2D eigenvalue weighted by Crippen LogP contribution is 2.05. The van der Waals surface area contributed by atoms with Gasteiger partial charge in [-0.1, -0.05) is 27.7 Å². The van der Waals surface area contributed by atoms with Crippen molar-refractivity contribution in [1.29, 1.82) is 0 Å². The standard InChI is InChI=1S/C21H38N4O8S/c1-10(2)6-7-15(28)22-13(8-26)18(29)25-17(12(5)27)20(31)23-14(9-34)19(30)24-16(11(3)4)21(32)33/h10-14,16-17,26-27,34H,6-9H2,1-5H3,(H,22,28)(H,23,31)(H,24,30)(H,25,29)(H,32,33)/t12-,13+,14+,16+,17+/m1/s1. The fourth-order valence-electron chi connectivity index (χ4n) is 2.76. The minimum atomic E-state index is -1.52. The van der Waals surface area contributed by atoms with E-state index in [1.807, 2.05) is 13.8 Å². The van der Waals surface area contributed by atoms with Gasteiger partial charge in [-0.2, -0.15) is 12.6 Å². The third kappa shape index (κ3) is 11.2. The van der Waals surface area contributed by atoms with Crippen LogP contribution in [-0.4, -0.2) is 87.5 Å². The predicted octanol–water partition coefficient (Wildman–Crippen LogP) is -1.59. The van der Waals surface area contributed by atoms with E-state index in [9.17, 15) is 39.3 Å². The molecule has 5 atom stereocenters. The molecule has 4 amide bonds. The van der Waals surface area contributed by atoms with Crippen LogP contribution in [0.15, 0.2) is 0 Å². The van der Waals surface area contributed by atoms with Crippen LogP contribution in [0.4, 0.5) is 0 Å². The highest BCUT2D eigenvalue weighted by atomic mass is 32.1. The average Bonchev–Trinajstić information content (AvgIpc) is 2.74. The minimum absolute atomic E-state index is 0.147. The lowest BCUT2D eigenvalue weighted by Gasteiger charge is -2.27. The van der Waals surface area contributed by atoms with Crippen LogP contribution in [0.2, 0.25) is 0 Å². The van der Waals surface area contributed by atoms with E-state index in [1.54, 1.807) is 13.8 Å². The lowest BCUT2D eigenvalue weighted by atomic mass is 10.0. The number of carbonyl (C=O) groups excluding carboxylic acids is 4. The third-order valence-corrected chi connectivity index (χ3v) is 5.26. The molecule has 0 aromatic rings. The van der Waals surface area contributed by atoms with Gasteiger partial charge in [0, 0.05) is 12.2 Å². The summed E-state index contributed by atoms with van der Waals surface area (Å²) < 4.78 is 0. The first-order valence-corrected chi connectivity index (χ1v) is 11.7. The Balaban J connectivity index is 5.24. The van der Waals surface area contributed by atoms with E-state index in [2.05, 4.69) is 33.9 Å². The number of nitrogens with one attached hydrogen (secondary N) is 4. The maximum absolute atomic E-state index is 12.7. The summed E-state index contributed by atoms with van der Waals surface area (Å²) in [5.74, 6) is -4.68. The van der Waals surface area contributed by atoms with E-state index in [1.165, 1.54) is 6.92 Å². The Bertz CT molecular complexity index is 717. The Morgan fingerprint density at radius 2 is 1.32 bits per heavy atom. The molecule has 0 aromatic carbocycles. The van der Waals surface area contributed by atoms with Crippen molar-refractivity contribution >= 4 is 42.2 Å². The van der Waals surface area contributed by atoms with E-state index in [-0.39, 0.29) is 18.1 Å². The first-order valence-electron chi connectivity index (χ1n) is 11.1. The number of carbonyl (C=O) groups is 5. The van der Waals surface area contributed by atoms with Crippen LogP contribution in [0.5, 0.6) is 0 Å². The average molecular weight is 507 g/mol. The smallest absolute Gasteiger partial charge is 0.326 e. The maximum Gasteiger partial charge on any atom is 0.326 e. The molecule has 0 aliphatic rings. The van der Waals surface area contributed by atoms with Gasteiger partial charge in [0.05, 0.1) is 12.7 Å². The van der Waals surface area contributed by atoms with Gasteiger partial charge in [0.25, 0.3) is 0 Å². The molecule has 0 rings (SSSR count). The molecule has 0 heterocycles. The van der Waals surface area contributed by atoms with Crippen molar-refractivity contribution in [2.45, 2.75) is 77.7 Å². The van der Waals surface area contributed by atoms with Gasteiger partial charge in [-0.15, -0.1) is 0 Å². The largest absolute Gasteiger partial charge is 0.480 e. The van der Waals surface area contributed by atoms with Crippen molar-refractivity contribution < 1.29 is 39.3 Å². The van der Waals surface area contributed by atoms with Crippen LogP contribution < -0.4 is 21.3 Å². The molecule has 0 aliphatic carbocycles. The molecule has 0 spiro atoms. The highest BCUT2D eigenvalue weighted by Gasteiger charge is 2.33. The second-order valence-corrected chi connectivity index (χ2v) is 9.14. The van der Waals surface area contributed by atoms with Gasteiger partial charge < -0.3 is 36.6 Å². The Morgan fingerprint density at radius 1 is 0.794 bits per heavy atom. The molecule has 0 saturated carbocycles. The van der Waals surface area contributed by atoms with Crippen molar-refractivity contribution in [2.75, 3.05) is 12.4 Å². The fourth-order valence-corrected chi connectivity index (χ4v) is 3.02. The molecule has 0 fully saturated rings. The molecule has 0 aliphatic heterocycles. The lowest BCUT2D eigenvalue weighted by Crippen LogP contribution is -2.61. The topological polar surface area (TPSA) is 194 Å². The molecule has 0 radical (unpaired) electrons. The molecule has 0 bridgehead atoms. The highest BCUT2D eigenvalue weighted by molar-refractivity contribution is 7.80. The zero-order valence-corrected chi connectivity index (χ0v) is 21.1. The molecule has 0 unspecified atom stereocenters. The molecule has 0 saturated heterocycles. The molecule has 13 heteroatoms. The SMILES string of the molecule is CC(C)CCC(=O)N[C@@H](CO)C(=O)N[C@H](C(=O)N[C@@H](CS)C(=O)N[C@H](C(=O)O)C(C)C)[C@@H](C)O. The molecular weight excluding hydrogens is 468 g/mol. The van der Waals surface area contributed by atoms with Gasteiger partial charge in [0.2, 0.25) is 23.6 Å². The summed E-state index contributed by atoms with van der Waals surface area (Å²) in [6.07, 6.45) is -0.670. The van der Waals surface area contributed by atoms with Gasteiger partial charge in [0.15, 0.2) is 0 Å². The Morgan fingerprint density at radius 3 is 1.74 bits per heavy atom. The molecular formula is C21H38N4O8S. The number of carboxylic acid groups (broad SMARTS) is 1. The van der Waals surface area contributed by atoms with Gasteiger partial charge in [-0.05, 0) is 25.2 Å². The van der Waals surface area contributed by atoms with Crippen molar-refractivity contribution in [2.24, 2.45) is 11.8 Å². The number of thiol groups is 1. The number of carboxylic acids is 1. The summed E-state index contributed by atoms with van der Waals surface area (Å²) in [6, 6.07) is -5.31. The first-order chi connectivity index (χ1) is 15.7.